The molecule has 0 spiro atoms. The molecule has 1 unspecified atom stereocenters. The van der Waals surface area contributed by atoms with Gasteiger partial charge in [-0.05, 0) is 36.2 Å². The minimum atomic E-state index is -2.42. The smallest absolute Gasteiger partial charge is 0.274 e. The molecule has 0 aliphatic heterocycles. The number of nitrogens with one attached hydrogen (secondary N) is 2. The number of carbonyl (C=O) groups excluding carboxylic acids is 1. The van der Waals surface area contributed by atoms with Gasteiger partial charge in [0.2, 0.25) is 0 Å². The molecular weight excluding hydrogens is 468 g/mol. The number of nitrogens with zero attached hydrogens (tertiary/aromatic N) is 1. The summed E-state index contributed by atoms with van der Waals surface area (Å²) in [6, 6.07) is 7.84. The number of aryl methyl sites for hydroxylation is 1. The number of pyridine rings is 1. The van der Waals surface area contributed by atoms with E-state index < -0.39 is 22.9 Å². The summed E-state index contributed by atoms with van der Waals surface area (Å²) >= 11 is -2.42. The number of hydrogen-bond acceptors (Lipinski definition) is 5. The molecule has 4 rings (SSSR count). The van der Waals surface area contributed by atoms with Crippen molar-refractivity contribution in [1.29, 1.82) is 0 Å². The second kappa shape index (κ2) is 9.67. The fourth-order valence-corrected chi connectivity index (χ4v) is 3.94. The lowest BCUT2D eigenvalue weighted by molar-refractivity contribution is 0.112. The molecule has 2 aromatic carbocycles. The number of aromatic amines is 1. The lowest BCUT2D eigenvalue weighted by atomic mass is 9.97. The van der Waals surface area contributed by atoms with Crippen molar-refractivity contribution in [3.8, 4) is 22.6 Å². The molecule has 0 saturated carbocycles. The number of H-pyrrole nitrogens is 1. The van der Waals surface area contributed by atoms with Gasteiger partial charge in [0.25, 0.3) is 5.56 Å². The molecular formula is C23H18F2N3O5S-. The summed E-state index contributed by atoms with van der Waals surface area (Å²) < 4.78 is 58.6. The highest BCUT2D eigenvalue weighted by Gasteiger charge is 2.19. The van der Waals surface area contributed by atoms with Crippen LogP contribution in [0.4, 0.5) is 8.78 Å². The second-order valence-corrected chi connectivity index (χ2v) is 8.22. The highest BCUT2D eigenvalue weighted by Crippen LogP contribution is 2.38. The molecule has 0 saturated heterocycles. The molecule has 0 amide bonds. The van der Waals surface area contributed by atoms with Gasteiger partial charge in [-0.15, -0.1) is 0 Å². The number of benzene rings is 2. The fourth-order valence-electron chi connectivity index (χ4n) is 3.68. The van der Waals surface area contributed by atoms with E-state index in [9.17, 15) is 27.1 Å². The van der Waals surface area contributed by atoms with Gasteiger partial charge < -0.3 is 18.8 Å². The van der Waals surface area contributed by atoms with Gasteiger partial charge in [-0.2, -0.15) is 0 Å². The molecule has 176 valence electrons. The van der Waals surface area contributed by atoms with E-state index >= 15 is 0 Å². The van der Waals surface area contributed by atoms with Crippen molar-refractivity contribution < 1.29 is 27.1 Å². The molecule has 2 N–H and O–H groups in total. The standard InChI is InChI=1S/C23H19F2N3O5S/c1-28-11-17(21-14(12-29)10-26-22(21)23(28)30)16-8-13(6-7-27-34(31)32)2-4-19(16)33-20-5-3-15(24)9-18(20)25/h2-5,8-12,26-27H,6-7H2,1H3,(H,31,32)/p-1. The molecule has 0 radical (unpaired) electrons. The Bertz CT molecular complexity index is 1480. The topological polar surface area (TPSA) is 116 Å². The van der Waals surface area contributed by atoms with Crippen LogP contribution in [0, 0.1) is 11.6 Å². The first-order valence-electron chi connectivity index (χ1n) is 10.0. The maximum absolute atomic E-state index is 14.3. The van der Waals surface area contributed by atoms with Crippen molar-refractivity contribution in [2.45, 2.75) is 6.42 Å². The Balaban J connectivity index is 1.90. The Kier molecular flexibility index (Phi) is 6.68. The van der Waals surface area contributed by atoms with Gasteiger partial charge in [0.1, 0.15) is 17.1 Å². The number of fused-ring (bicyclic) bond motifs is 1. The summed E-state index contributed by atoms with van der Waals surface area (Å²) in [5, 5.41) is 0.360. The van der Waals surface area contributed by atoms with E-state index in [0.29, 0.717) is 40.8 Å². The van der Waals surface area contributed by atoms with Crippen LogP contribution in [0.3, 0.4) is 0 Å². The van der Waals surface area contributed by atoms with E-state index in [-0.39, 0.29) is 34.7 Å². The molecule has 0 aliphatic rings. The normalized spacial score (nSPS) is 12.1. The van der Waals surface area contributed by atoms with E-state index in [4.69, 9.17) is 4.74 Å². The van der Waals surface area contributed by atoms with Gasteiger partial charge >= 0.3 is 0 Å². The predicted octanol–water partition coefficient (Wildman–Crippen LogP) is 3.34. The molecule has 0 fully saturated rings. The first kappa shape index (κ1) is 23.5. The van der Waals surface area contributed by atoms with Gasteiger partial charge in [-0.3, -0.25) is 13.8 Å². The number of carbonyl (C=O) groups is 1. The van der Waals surface area contributed by atoms with E-state index in [0.717, 1.165) is 12.1 Å². The Hall–Kier alpha value is -3.67. The molecule has 0 bridgehead atoms. The third-order valence-electron chi connectivity index (χ3n) is 5.25. The van der Waals surface area contributed by atoms with Crippen LogP contribution in [0.15, 0.2) is 53.6 Å². The molecule has 8 nitrogen and oxygen atoms in total. The highest BCUT2D eigenvalue weighted by molar-refractivity contribution is 7.77. The number of halogens is 2. The minimum Gasteiger partial charge on any atom is -0.760 e. The van der Waals surface area contributed by atoms with Crippen molar-refractivity contribution in [3.63, 3.8) is 0 Å². The SMILES string of the molecule is Cn1cc(-c2cc(CCNS(=O)[O-])ccc2Oc2ccc(F)cc2F)c2c(C=O)c[nH]c2c1=O. The van der Waals surface area contributed by atoms with Crippen LogP contribution in [0.2, 0.25) is 0 Å². The van der Waals surface area contributed by atoms with Crippen LogP contribution in [0.5, 0.6) is 11.5 Å². The predicted molar refractivity (Wildman–Crippen MR) is 121 cm³/mol. The molecule has 34 heavy (non-hydrogen) atoms. The minimum absolute atomic E-state index is 0.134. The van der Waals surface area contributed by atoms with Crippen molar-refractivity contribution in [1.82, 2.24) is 14.3 Å². The second-order valence-electron chi connectivity index (χ2n) is 7.46. The number of aldehydes is 1. The molecule has 2 heterocycles. The average Bonchev–Trinajstić information content (AvgIpc) is 3.23. The first-order chi connectivity index (χ1) is 16.3. The third-order valence-corrected chi connectivity index (χ3v) is 5.69. The van der Waals surface area contributed by atoms with Crippen molar-refractivity contribution in [3.05, 3.63) is 81.9 Å². The fraction of sp³-hybridized carbons (Fsp3) is 0.130. The van der Waals surface area contributed by atoms with Crippen LogP contribution >= 0.6 is 0 Å². The van der Waals surface area contributed by atoms with Crippen molar-refractivity contribution >= 4 is 28.5 Å². The molecule has 2 aromatic heterocycles. The van der Waals surface area contributed by atoms with Crippen LogP contribution in [0.1, 0.15) is 15.9 Å². The van der Waals surface area contributed by atoms with E-state index in [1.807, 2.05) is 0 Å². The quantitative estimate of drug-likeness (QED) is 0.293. The zero-order valence-corrected chi connectivity index (χ0v) is 18.6. The zero-order valence-electron chi connectivity index (χ0n) is 17.8. The van der Waals surface area contributed by atoms with E-state index in [1.54, 1.807) is 25.2 Å². The van der Waals surface area contributed by atoms with Gasteiger partial charge in [0.15, 0.2) is 17.9 Å². The van der Waals surface area contributed by atoms with Gasteiger partial charge in [-0.1, -0.05) is 6.07 Å². The summed E-state index contributed by atoms with van der Waals surface area (Å²) in [6.45, 7) is 0.134. The van der Waals surface area contributed by atoms with E-state index in [2.05, 4.69) is 9.71 Å². The van der Waals surface area contributed by atoms with Gasteiger partial charge in [0, 0.05) is 65.4 Å². The Morgan fingerprint density at radius 2 is 1.94 bits per heavy atom. The van der Waals surface area contributed by atoms with Crippen LogP contribution in [0.25, 0.3) is 22.0 Å². The average molecular weight is 486 g/mol. The lowest BCUT2D eigenvalue weighted by Crippen LogP contribution is -2.19. The number of aromatic nitrogens is 2. The summed E-state index contributed by atoms with van der Waals surface area (Å²) in [6.07, 6.45) is 3.89. The van der Waals surface area contributed by atoms with Gasteiger partial charge in [0.05, 0.1) is 0 Å². The Labute approximate surface area is 194 Å². The molecule has 4 aromatic rings. The van der Waals surface area contributed by atoms with Crippen molar-refractivity contribution in [2.75, 3.05) is 6.54 Å². The van der Waals surface area contributed by atoms with Crippen LogP contribution < -0.4 is 15.0 Å². The molecule has 11 heteroatoms. The summed E-state index contributed by atoms with van der Waals surface area (Å²) in [4.78, 5) is 27.1. The van der Waals surface area contributed by atoms with Gasteiger partial charge in [-0.25, -0.2) is 13.5 Å². The third kappa shape index (κ3) is 4.67. The number of hydrogen-bond donors (Lipinski definition) is 2. The van der Waals surface area contributed by atoms with E-state index in [1.165, 1.54) is 17.0 Å². The molecule has 0 aliphatic carbocycles. The highest BCUT2D eigenvalue weighted by atomic mass is 32.2. The lowest BCUT2D eigenvalue weighted by Gasteiger charge is -2.16. The Morgan fingerprint density at radius 1 is 1.18 bits per heavy atom. The largest absolute Gasteiger partial charge is 0.760 e. The number of rotatable bonds is 8. The zero-order chi connectivity index (χ0) is 24.4. The monoisotopic (exact) mass is 486 g/mol. The van der Waals surface area contributed by atoms with Crippen molar-refractivity contribution in [2.24, 2.45) is 7.05 Å². The molecule has 1 atom stereocenters. The number of ether oxygens (including phenoxy) is 1. The Morgan fingerprint density at radius 3 is 2.65 bits per heavy atom. The van der Waals surface area contributed by atoms with Crippen LogP contribution in [-0.2, 0) is 24.7 Å². The summed E-state index contributed by atoms with van der Waals surface area (Å²) in [5.74, 6) is -1.69. The van der Waals surface area contributed by atoms with Crippen LogP contribution in [-0.4, -0.2) is 31.1 Å². The summed E-state index contributed by atoms with van der Waals surface area (Å²) in [5.41, 5.74) is 1.69. The summed E-state index contributed by atoms with van der Waals surface area (Å²) in [7, 11) is 1.55. The first-order valence-corrected chi connectivity index (χ1v) is 11.1. The maximum atomic E-state index is 14.3. The maximum Gasteiger partial charge on any atom is 0.274 e.